The highest BCUT2D eigenvalue weighted by atomic mass is 35.5. The van der Waals surface area contributed by atoms with E-state index in [1.807, 2.05) is 12.3 Å². The lowest BCUT2D eigenvalue weighted by atomic mass is 10.2. The third-order valence-electron chi connectivity index (χ3n) is 1.84. The summed E-state index contributed by atoms with van der Waals surface area (Å²) < 4.78 is 0. The summed E-state index contributed by atoms with van der Waals surface area (Å²) in [6, 6.07) is 0. The number of amides is 1. The van der Waals surface area contributed by atoms with Crippen molar-refractivity contribution in [1.29, 1.82) is 0 Å². The summed E-state index contributed by atoms with van der Waals surface area (Å²) >= 11 is 7.12. The Morgan fingerprint density at radius 3 is 3.14 bits per heavy atom. The number of hydrogen-bond donors (Lipinski definition) is 1. The lowest BCUT2D eigenvalue weighted by Crippen LogP contribution is -2.31. The molecule has 0 spiro atoms. The SMILES string of the molecule is CC(CCl)C(=O)NCCc1cscn1. The van der Waals surface area contributed by atoms with Gasteiger partial charge in [-0.2, -0.15) is 0 Å². The second kappa shape index (κ2) is 5.98. The Morgan fingerprint density at radius 2 is 2.57 bits per heavy atom. The van der Waals surface area contributed by atoms with E-state index >= 15 is 0 Å². The van der Waals surface area contributed by atoms with Crippen molar-refractivity contribution in [2.45, 2.75) is 13.3 Å². The van der Waals surface area contributed by atoms with Crippen molar-refractivity contribution >= 4 is 28.8 Å². The molecule has 1 amide bonds. The number of nitrogens with zero attached hydrogens (tertiary/aromatic N) is 1. The highest BCUT2D eigenvalue weighted by Crippen LogP contribution is 2.01. The molecule has 0 aromatic carbocycles. The van der Waals surface area contributed by atoms with Gasteiger partial charge >= 0.3 is 0 Å². The van der Waals surface area contributed by atoms with Crippen LogP contribution in [-0.2, 0) is 11.2 Å². The lowest BCUT2D eigenvalue weighted by molar-refractivity contribution is -0.123. The van der Waals surface area contributed by atoms with Crippen molar-refractivity contribution in [3.05, 3.63) is 16.6 Å². The van der Waals surface area contributed by atoms with Crippen LogP contribution in [0.15, 0.2) is 10.9 Å². The van der Waals surface area contributed by atoms with E-state index < -0.39 is 0 Å². The van der Waals surface area contributed by atoms with E-state index in [0.29, 0.717) is 12.4 Å². The maximum atomic E-state index is 11.3. The highest BCUT2D eigenvalue weighted by molar-refractivity contribution is 7.07. The van der Waals surface area contributed by atoms with Crippen molar-refractivity contribution in [3.8, 4) is 0 Å². The molecule has 0 saturated heterocycles. The number of hydrogen-bond acceptors (Lipinski definition) is 3. The fourth-order valence-corrected chi connectivity index (χ4v) is 1.65. The van der Waals surface area contributed by atoms with Gasteiger partial charge in [0.2, 0.25) is 5.91 Å². The second-order valence-corrected chi connectivity index (χ2v) is 4.10. The molecule has 1 rings (SSSR count). The van der Waals surface area contributed by atoms with E-state index in [1.54, 1.807) is 16.8 Å². The van der Waals surface area contributed by atoms with Gasteiger partial charge < -0.3 is 5.32 Å². The van der Waals surface area contributed by atoms with Crippen LogP contribution >= 0.6 is 22.9 Å². The van der Waals surface area contributed by atoms with Gasteiger partial charge in [0.1, 0.15) is 0 Å². The van der Waals surface area contributed by atoms with Gasteiger partial charge in [-0.3, -0.25) is 4.79 Å². The fourth-order valence-electron chi connectivity index (χ4n) is 0.919. The molecule has 0 bridgehead atoms. The maximum Gasteiger partial charge on any atom is 0.224 e. The van der Waals surface area contributed by atoms with Gasteiger partial charge in [0.25, 0.3) is 0 Å². The van der Waals surface area contributed by atoms with Crippen LogP contribution in [0.25, 0.3) is 0 Å². The Morgan fingerprint density at radius 1 is 1.79 bits per heavy atom. The standard InChI is InChI=1S/C9H13ClN2OS/c1-7(4-10)9(13)11-3-2-8-5-14-6-12-8/h5-7H,2-4H2,1H3,(H,11,13). The molecule has 1 unspecified atom stereocenters. The van der Waals surface area contributed by atoms with Gasteiger partial charge in [-0.1, -0.05) is 6.92 Å². The molecule has 78 valence electrons. The maximum absolute atomic E-state index is 11.3. The van der Waals surface area contributed by atoms with Gasteiger partial charge in [-0.05, 0) is 0 Å². The second-order valence-electron chi connectivity index (χ2n) is 3.08. The van der Waals surface area contributed by atoms with Crippen molar-refractivity contribution in [2.24, 2.45) is 5.92 Å². The summed E-state index contributed by atoms with van der Waals surface area (Å²) in [6.07, 6.45) is 0.782. The Bertz CT molecular complexity index is 276. The van der Waals surface area contributed by atoms with Crippen molar-refractivity contribution in [2.75, 3.05) is 12.4 Å². The molecule has 5 heteroatoms. The molecule has 1 atom stereocenters. The summed E-state index contributed by atoms with van der Waals surface area (Å²) in [5.41, 5.74) is 2.81. The largest absolute Gasteiger partial charge is 0.355 e. The first-order valence-corrected chi connectivity index (χ1v) is 5.92. The molecule has 0 radical (unpaired) electrons. The molecule has 0 aliphatic heterocycles. The molecule has 1 N–H and O–H groups in total. The molecule has 0 aliphatic carbocycles. The number of aromatic nitrogens is 1. The van der Waals surface area contributed by atoms with Gasteiger partial charge in [-0.25, -0.2) is 4.98 Å². The Labute approximate surface area is 92.5 Å². The van der Waals surface area contributed by atoms with E-state index in [2.05, 4.69) is 10.3 Å². The van der Waals surface area contributed by atoms with Crippen molar-refractivity contribution < 1.29 is 4.79 Å². The molecule has 1 aromatic heterocycles. The number of nitrogens with one attached hydrogen (secondary N) is 1. The van der Waals surface area contributed by atoms with Crippen LogP contribution in [0.4, 0.5) is 0 Å². The average molecular weight is 233 g/mol. The minimum atomic E-state index is -0.118. The van der Waals surface area contributed by atoms with Crippen molar-refractivity contribution in [3.63, 3.8) is 0 Å². The smallest absolute Gasteiger partial charge is 0.224 e. The van der Waals surface area contributed by atoms with Gasteiger partial charge in [0.15, 0.2) is 0 Å². The normalized spacial score (nSPS) is 12.4. The summed E-state index contributed by atoms with van der Waals surface area (Å²) in [5.74, 6) is 0.255. The molecule has 0 fully saturated rings. The molecule has 3 nitrogen and oxygen atoms in total. The van der Waals surface area contributed by atoms with Crippen LogP contribution in [0.2, 0.25) is 0 Å². The third-order valence-corrected chi connectivity index (χ3v) is 2.94. The predicted octanol–water partition coefficient (Wildman–Crippen LogP) is 1.68. The quantitative estimate of drug-likeness (QED) is 0.785. The number of carbonyl (C=O) groups is 1. The van der Waals surface area contributed by atoms with Crippen LogP contribution in [0, 0.1) is 5.92 Å². The van der Waals surface area contributed by atoms with Gasteiger partial charge in [0, 0.05) is 30.1 Å². The number of carbonyl (C=O) groups excluding carboxylic acids is 1. The monoisotopic (exact) mass is 232 g/mol. The molecular weight excluding hydrogens is 220 g/mol. The van der Waals surface area contributed by atoms with E-state index in [4.69, 9.17) is 11.6 Å². The van der Waals surface area contributed by atoms with Crippen LogP contribution in [0.5, 0.6) is 0 Å². The predicted molar refractivity (Wildman–Crippen MR) is 58.7 cm³/mol. The Hall–Kier alpha value is -0.610. The van der Waals surface area contributed by atoms with Crippen LogP contribution in [-0.4, -0.2) is 23.3 Å². The number of alkyl halides is 1. The highest BCUT2D eigenvalue weighted by Gasteiger charge is 2.10. The lowest BCUT2D eigenvalue weighted by Gasteiger charge is -2.07. The number of rotatable bonds is 5. The summed E-state index contributed by atoms with van der Waals surface area (Å²) in [5, 5.41) is 4.80. The number of thiazole rings is 1. The van der Waals surface area contributed by atoms with E-state index in [0.717, 1.165) is 12.1 Å². The van der Waals surface area contributed by atoms with Crippen LogP contribution in [0.3, 0.4) is 0 Å². The zero-order valence-corrected chi connectivity index (χ0v) is 9.57. The molecule has 1 aromatic rings. The summed E-state index contributed by atoms with van der Waals surface area (Å²) in [7, 11) is 0. The first-order chi connectivity index (χ1) is 6.74. The summed E-state index contributed by atoms with van der Waals surface area (Å²) in [4.78, 5) is 15.4. The molecular formula is C9H13ClN2OS. The zero-order valence-electron chi connectivity index (χ0n) is 8.00. The number of halogens is 1. The van der Waals surface area contributed by atoms with Crippen LogP contribution < -0.4 is 5.32 Å². The molecule has 14 heavy (non-hydrogen) atoms. The molecule has 1 heterocycles. The first kappa shape index (κ1) is 11.5. The molecule has 0 aliphatic rings. The zero-order chi connectivity index (χ0) is 10.4. The van der Waals surface area contributed by atoms with E-state index in [9.17, 15) is 4.79 Å². The average Bonchev–Trinajstić information content (AvgIpc) is 2.69. The fraction of sp³-hybridized carbons (Fsp3) is 0.556. The minimum absolute atomic E-state index is 0.00947. The Balaban J connectivity index is 2.18. The minimum Gasteiger partial charge on any atom is -0.355 e. The van der Waals surface area contributed by atoms with E-state index in [1.165, 1.54) is 0 Å². The molecule has 0 saturated carbocycles. The third kappa shape index (κ3) is 3.64. The van der Waals surface area contributed by atoms with Gasteiger partial charge in [0.05, 0.1) is 11.2 Å². The topological polar surface area (TPSA) is 42.0 Å². The van der Waals surface area contributed by atoms with Crippen LogP contribution in [0.1, 0.15) is 12.6 Å². The summed E-state index contributed by atoms with van der Waals surface area (Å²) in [6.45, 7) is 2.44. The first-order valence-electron chi connectivity index (χ1n) is 4.44. The Kier molecular flexibility index (Phi) is 4.90. The van der Waals surface area contributed by atoms with Crippen molar-refractivity contribution in [1.82, 2.24) is 10.3 Å². The van der Waals surface area contributed by atoms with Gasteiger partial charge in [-0.15, -0.1) is 22.9 Å². The van der Waals surface area contributed by atoms with E-state index in [-0.39, 0.29) is 11.8 Å².